The Labute approximate surface area is 109 Å². The van der Waals surface area contributed by atoms with E-state index in [1.54, 1.807) is 25.3 Å². The van der Waals surface area contributed by atoms with Crippen LogP contribution < -0.4 is 10.5 Å². The van der Waals surface area contributed by atoms with Gasteiger partial charge in [0.1, 0.15) is 5.82 Å². The molecule has 0 aliphatic rings. The van der Waals surface area contributed by atoms with Crippen LogP contribution in [0.3, 0.4) is 0 Å². The number of nitrogen functional groups attached to an aromatic ring is 1. The van der Waals surface area contributed by atoms with E-state index in [0.717, 1.165) is 16.9 Å². The van der Waals surface area contributed by atoms with Gasteiger partial charge in [0.05, 0.1) is 5.69 Å². The molecule has 0 atom stereocenters. The van der Waals surface area contributed by atoms with Crippen LogP contribution in [0.25, 0.3) is 0 Å². The molecule has 0 aliphatic carbocycles. The first kappa shape index (κ1) is 12.8. The number of nitrogens with two attached hydrogens (primary N) is 1. The van der Waals surface area contributed by atoms with E-state index in [1.165, 1.54) is 0 Å². The number of sulfonamides is 1. The van der Waals surface area contributed by atoms with Gasteiger partial charge in [0.25, 0.3) is 10.0 Å². The van der Waals surface area contributed by atoms with Gasteiger partial charge in [-0.05, 0) is 25.5 Å². The zero-order chi connectivity index (χ0) is 13.3. The molecule has 2 aromatic heterocycles. The molecule has 0 radical (unpaired) electrons. The largest absolute Gasteiger partial charge is 0.375 e. The molecular formula is C10H12N4O2S2. The normalized spacial score (nSPS) is 11.4. The van der Waals surface area contributed by atoms with Crippen LogP contribution in [0, 0.1) is 13.8 Å². The van der Waals surface area contributed by atoms with Crippen LogP contribution >= 0.6 is 11.3 Å². The number of nitrogens with one attached hydrogen (secondary N) is 1. The van der Waals surface area contributed by atoms with Gasteiger partial charge in [-0.1, -0.05) is 17.4 Å². The van der Waals surface area contributed by atoms with Gasteiger partial charge in [-0.3, -0.25) is 4.72 Å². The van der Waals surface area contributed by atoms with Gasteiger partial charge in [-0.2, -0.15) is 0 Å². The van der Waals surface area contributed by atoms with Crippen LogP contribution in [-0.4, -0.2) is 18.4 Å². The molecule has 0 saturated heterocycles. The highest BCUT2D eigenvalue weighted by molar-refractivity contribution is 7.94. The van der Waals surface area contributed by atoms with Crippen molar-refractivity contribution in [2.24, 2.45) is 0 Å². The lowest BCUT2D eigenvalue weighted by atomic mass is 10.3. The maximum Gasteiger partial charge on any atom is 0.274 e. The quantitative estimate of drug-likeness (QED) is 0.890. The number of hydrogen-bond acceptors (Lipinski definition) is 6. The van der Waals surface area contributed by atoms with Crippen molar-refractivity contribution in [3.63, 3.8) is 0 Å². The summed E-state index contributed by atoms with van der Waals surface area (Å²) in [5.74, 6) is 0.270. The maximum absolute atomic E-state index is 12.1. The third kappa shape index (κ3) is 2.59. The van der Waals surface area contributed by atoms with Crippen LogP contribution in [0.4, 0.5) is 10.9 Å². The van der Waals surface area contributed by atoms with Gasteiger partial charge in [0.2, 0.25) is 0 Å². The van der Waals surface area contributed by atoms with Crippen molar-refractivity contribution in [3.05, 3.63) is 29.6 Å². The van der Waals surface area contributed by atoms with Crippen LogP contribution in [0.15, 0.2) is 22.5 Å². The predicted molar refractivity (Wildman–Crippen MR) is 71.0 cm³/mol. The van der Waals surface area contributed by atoms with Crippen molar-refractivity contribution in [1.82, 2.24) is 9.97 Å². The van der Waals surface area contributed by atoms with Gasteiger partial charge in [0.15, 0.2) is 9.34 Å². The molecule has 0 bridgehead atoms. The minimum Gasteiger partial charge on any atom is -0.375 e. The second-order valence-electron chi connectivity index (χ2n) is 3.75. The van der Waals surface area contributed by atoms with Gasteiger partial charge >= 0.3 is 0 Å². The number of aryl methyl sites for hydroxylation is 2. The first-order valence-corrected chi connectivity index (χ1v) is 7.37. The Bertz CT molecular complexity index is 662. The minimum atomic E-state index is -3.67. The molecule has 18 heavy (non-hydrogen) atoms. The van der Waals surface area contributed by atoms with E-state index in [9.17, 15) is 8.42 Å². The Morgan fingerprint density at radius 2 is 2.06 bits per heavy atom. The predicted octanol–water partition coefficient (Wildman–Crippen LogP) is 1.54. The molecule has 0 unspecified atom stereocenters. The van der Waals surface area contributed by atoms with Crippen molar-refractivity contribution in [2.45, 2.75) is 18.1 Å². The molecule has 6 nitrogen and oxygen atoms in total. The lowest BCUT2D eigenvalue weighted by Gasteiger charge is -2.05. The average molecular weight is 284 g/mol. The second kappa shape index (κ2) is 4.54. The molecule has 0 spiro atoms. The molecule has 0 aliphatic heterocycles. The van der Waals surface area contributed by atoms with Gasteiger partial charge in [-0.15, -0.1) is 0 Å². The standard InChI is InChI=1S/C10H12N4O2S2/c1-6-3-4-8(12-5-6)14-18(15,16)9-7(2)13-10(11)17-9/h3-5H,1-2H3,(H2,11,13)(H,12,14). The topological polar surface area (TPSA) is 98.0 Å². The summed E-state index contributed by atoms with van der Waals surface area (Å²) < 4.78 is 26.7. The van der Waals surface area contributed by atoms with Gasteiger partial charge in [-0.25, -0.2) is 18.4 Å². The lowest BCUT2D eigenvalue weighted by molar-refractivity contribution is 0.602. The third-order valence-electron chi connectivity index (χ3n) is 2.16. The second-order valence-corrected chi connectivity index (χ2v) is 6.66. The van der Waals surface area contributed by atoms with Crippen LogP contribution in [0.2, 0.25) is 0 Å². The number of rotatable bonds is 3. The van der Waals surface area contributed by atoms with Crippen molar-refractivity contribution in [2.75, 3.05) is 10.5 Å². The Hall–Kier alpha value is -1.67. The fourth-order valence-corrected chi connectivity index (χ4v) is 3.67. The van der Waals surface area contributed by atoms with E-state index in [-0.39, 0.29) is 15.2 Å². The number of aromatic nitrogens is 2. The summed E-state index contributed by atoms with van der Waals surface area (Å²) >= 11 is 0.932. The molecule has 2 aromatic rings. The lowest BCUT2D eigenvalue weighted by Crippen LogP contribution is -2.13. The zero-order valence-electron chi connectivity index (χ0n) is 9.84. The fourth-order valence-electron chi connectivity index (χ4n) is 1.36. The molecule has 3 N–H and O–H groups in total. The van der Waals surface area contributed by atoms with E-state index in [2.05, 4.69) is 14.7 Å². The van der Waals surface area contributed by atoms with E-state index in [4.69, 9.17) is 5.73 Å². The fraction of sp³-hybridized carbons (Fsp3) is 0.200. The van der Waals surface area contributed by atoms with E-state index >= 15 is 0 Å². The summed E-state index contributed by atoms with van der Waals surface area (Å²) in [7, 11) is -3.67. The molecule has 0 aromatic carbocycles. The smallest absolute Gasteiger partial charge is 0.274 e. The van der Waals surface area contributed by atoms with Crippen molar-refractivity contribution in [1.29, 1.82) is 0 Å². The summed E-state index contributed by atoms with van der Waals surface area (Å²) in [5.41, 5.74) is 6.83. The Morgan fingerprint density at radius 1 is 1.33 bits per heavy atom. The number of hydrogen-bond donors (Lipinski definition) is 2. The van der Waals surface area contributed by atoms with Crippen molar-refractivity contribution >= 4 is 32.3 Å². The van der Waals surface area contributed by atoms with Gasteiger partial charge in [0, 0.05) is 6.20 Å². The Morgan fingerprint density at radius 3 is 2.56 bits per heavy atom. The summed E-state index contributed by atoms with van der Waals surface area (Å²) in [4.78, 5) is 7.88. The summed E-state index contributed by atoms with van der Waals surface area (Å²) in [6.07, 6.45) is 1.59. The number of pyridine rings is 1. The number of nitrogens with zero attached hydrogens (tertiary/aromatic N) is 2. The molecular weight excluding hydrogens is 272 g/mol. The van der Waals surface area contributed by atoms with E-state index in [0.29, 0.717) is 5.69 Å². The molecule has 96 valence electrons. The van der Waals surface area contributed by atoms with Crippen LogP contribution in [0.1, 0.15) is 11.3 Å². The van der Waals surface area contributed by atoms with E-state index < -0.39 is 10.0 Å². The summed E-state index contributed by atoms with van der Waals surface area (Å²) in [6, 6.07) is 3.38. The first-order valence-electron chi connectivity index (χ1n) is 5.07. The first-order chi connectivity index (χ1) is 8.38. The van der Waals surface area contributed by atoms with Crippen LogP contribution in [-0.2, 0) is 10.0 Å². The van der Waals surface area contributed by atoms with Crippen molar-refractivity contribution < 1.29 is 8.42 Å². The van der Waals surface area contributed by atoms with Crippen LogP contribution in [0.5, 0.6) is 0 Å². The Balaban J connectivity index is 2.33. The molecule has 0 amide bonds. The Kier molecular flexibility index (Phi) is 3.22. The SMILES string of the molecule is Cc1ccc(NS(=O)(=O)c2sc(N)nc2C)nc1. The highest BCUT2D eigenvalue weighted by Crippen LogP contribution is 2.26. The number of thiazole rings is 1. The molecule has 2 rings (SSSR count). The molecule has 0 saturated carbocycles. The third-order valence-corrected chi connectivity index (χ3v) is 5.12. The van der Waals surface area contributed by atoms with Crippen molar-refractivity contribution in [3.8, 4) is 0 Å². The van der Waals surface area contributed by atoms with E-state index in [1.807, 2.05) is 6.92 Å². The summed E-state index contributed by atoms with van der Waals surface area (Å²) in [6.45, 7) is 3.48. The molecule has 2 heterocycles. The zero-order valence-corrected chi connectivity index (χ0v) is 11.5. The maximum atomic E-state index is 12.1. The monoisotopic (exact) mass is 284 g/mol. The highest BCUT2D eigenvalue weighted by Gasteiger charge is 2.21. The molecule has 0 fully saturated rings. The molecule has 8 heteroatoms. The number of anilines is 2. The van der Waals surface area contributed by atoms with Gasteiger partial charge < -0.3 is 5.73 Å². The summed E-state index contributed by atoms with van der Waals surface area (Å²) in [5, 5.41) is 0.227. The highest BCUT2D eigenvalue weighted by atomic mass is 32.2. The minimum absolute atomic E-state index is 0.113. The average Bonchev–Trinajstić information content (AvgIpc) is 2.62.